The number of hydrogen-bond donors (Lipinski definition) is 1. The Hall–Kier alpha value is -0.910. The van der Waals surface area contributed by atoms with Gasteiger partial charge in [0.2, 0.25) is 0 Å². The van der Waals surface area contributed by atoms with E-state index in [0.29, 0.717) is 24.5 Å². The summed E-state index contributed by atoms with van der Waals surface area (Å²) in [7, 11) is -3.22. The molecular weight excluding hydrogens is 238 g/mol. The first-order valence-electron chi connectivity index (χ1n) is 5.69. The lowest BCUT2D eigenvalue weighted by atomic mass is 10.3. The molecular formula is C12H19NO3S. The van der Waals surface area contributed by atoms with Crippen molar-refractivity contribution < 1.29 is 13.2 Å². The van der Waals surface area contributed by atoms with E-state index in [1.165, 1.54) is 0 Å². The fourth-order valence-electron chi connectivity index (χ4n) is 1.54. The zero-order chi connectivity index (χ0) is 12.7. The Morgan fingerprint density at radius 3 is 2.47 bits per heavy atom. The van der Waals surface area contributed by atoms with Crippen LogP contribution in [0.3, 0.4) is 0 Å². The van der Waals surface area contributed by atoms with E-state index in [-0.39, 0.29) is 11.9 Å². The van der Waals surface area contributed by atoms with Crippen molar-refractivity contribution in [2.45, 2.75) is 24.3 Å². The molecule has 0 aliphatic carbocycles. The molecule has 0 bridgehead atoms. The molecule has 5 heteroatoms. The summed E-state index contributed by atoms with van der Waals surface area (Å²) in [5.41, 5.74) is 5.51. The second-order valence-corrected chi connectivity index (χ2v) is 5.84. The smallest absolute Gasteiger partial charge is 0.178 e. The van der Waals surface area contributed by atoms with Crippen LogP contribution in [0.15, 0.2) is 35.2 Å². The van der Waals surface area contributed by atoms with Gasteiger partial charge in [0, 0.05) is 13.2 Å². The normalized spacial score (nSPS) is 13.5. The SMILES string of the molecule is CCOC(CN)CCS(=O)(=O)c1ccccc1. The molecule has 0 saturated carbocycles. The molecule has 0 aliphatic heterocycles. The summed E-state index contributed by atoms with van der Waals surface area (Å²) in [6.45, 7) is 2.76. The van der Waals surface area contributed by atoms with Crippen LogP contribution in [0.1, 0.15) is 13.3 Å². The summed E-state index contributed by atoms with van der Waals surface area (Å²) >= 11 is 0. The molecule has 4 nitrogen and oxygen atoms in total. The van der Waals surface area contributed by atoms with Gasteiger partial charge in [-0.1, -0.05) is 18.2 Å². The van der Waals surface area contributed by atoms with Crippen LogP contribution in [0.25, 0.3) is 0 Å². The van der Waals surface area contributed by atoms with Crippen molar-refractivity contribution in [3.63, 3.8) is 0 Å². The van der Waals surface area contributed by atoms with Gasteiger partial charge in [0.25, 0.3) is 0 Å². The second kappa shape index (κ2) is 6.74. The first-order chi connectivity index (χ1) is 8.10. The van der Waals surface area contributed by atoms with Crippen molar-refractivity contribution in [1.82, 2.24) is 0 Å². The van der Waals surface area contributed by atoms with E-state index in [1.807, 2.05) is 6.92 Å². The van der Waals surface area contributed by atoms with Gasteiger partial charge >= 0.3 is 0 Å². The van der Waals surface area contributed by atoms with Gasteiger partial charge in [0.15, 0.2) is 9.84 Å². The largest absolute Gasteiger partial charge is 0.377 e. The van der Waals surface area contributed by atoms with Crippen molar-refractivity contribution >= 4 is 9.84 Å². The highest BCUT2D eigenvalue weighted by molar-refractivity contribution is 7.91. The van der Waals surface area contributed by atoms with E-state index < -0.39 is 9.84 Å². The molecule has 1 unspecified atom stereocenters. The first kappa shape index (κ1) is 14.2. The van der Waals surface area contributed by atoms with Crippen LogP contribution >= 0.6 is 0 Å². The molecule has 0 amide bonds. The van der Waals surface area contributed by atoms with Gasteiger partial charge in [-0.25, -0.2) is 8.42 Å². The fourth-order valence-corrected chi connectivity index (χ4v) is 2.92. The molecule has 1 aromatic rings. The van der Waals surface area contributed by atoms with Gasteiger partial charge in [0.1, 0.15) is 0 Å². The molecule has 2 N–H and O–H groups in total. The third-order valence-corrected chi connectivity index (χ3v) is 4.24. The van der Waals surface area contributed by atoms with Crippen LogP contribution in [0.2, 0.25) is 0 Å². The van der Waals surface area contributed by atoms with Crippen molar-refractivity contribution in [3.8, 4) is 0 Å². The number of ether oxygens (including phenoxy) is 1. The Kier molecular flexibility index (Phi) is 5.61. The Labute approximate surface area is 103 Å². The average Bonchev–Trinajstić information content (AvgIpc) is 2.35. The summed E-state index contributed by atoms with van der Waals surface area (Å²) in [5, 5.41) is 0. The molecule has 1 aromatic carbocycles. The number of sulfone groups is 1. The van der Waals surface area contributed by atoms with E-state index in [0.717, 1.165) is 0 Å². The quantitative estimate of drug-likeness (QED) is 0.797. The van der Waals surface area contributed by atoms with Gasteiger partial charge in [-0.15, -0.1) is 0 Å². The van der Waals surface area contributed by atoms with Gasteiger partial charge < -0.3 is 10.5 Å². The highest BCUT2D eigenvalue weighted by atomic mass is 32.2. The maximum Gasteiger partial charge on any atom is 0.178 e. The predicted molar refractivity (Wildman–Crippen MR) is 67.6 cm³/mol. The Balaban J connectivity index is 2.62. The van der Waals surface area contributed by atoms with Crippen LogP contribution in [0.4, 0.5) is 0 Å². The van der Waals surface area contributed by atoms with Crippen LogP contribution < -0.4 is 5.73 Å². The number of benzene rings is 1. The van der Waals surface area contributed by atoms with E-state index >= 15 is 0 Å². The van der Waals surface area contributed by atoms with Gasteiger partial charge in [-0.2, -0.15) is 0 Å². The molecule has 0 fully saturated rings. The fraction of sp³-hybridized carbons (Fsp3) is 0.500. The zero-order valence-electron chi connectivity index (χ0n) is 10.0. The first-order valence-corrected chi connectivity index (χ1v) is 7.35. The molecule has 17 heavy (non-hydrogen) atoms. The molecule has 1 rings (SSSR count). The third-order valence-electron chi connectivity index (χ3n) is 2.48. The lowest BCUT2D eigenvalue weighted by molar-refractivity contribution is 0.0671. The molecule has 1 atom stereocenters. The summed E-state index contributed by atoms with van der Waals surface area (Å²) < 4.78 is 29.3. The molecule has 0 saturated heterocycles. The van der Waals surface area contributed by atoms with Gasteiger partial charge in [-0.05, 0) is 25.5 Å². The maximum absolute atomic E-state index is 12.0. The minimum absolute atomic E-state index is 0.0683. The molecule has 0 aromatic heterocycles. The van der Waals surface area contributed by atoms with E-state index in [4.69, 9.17) is 10.5 Å². The average molecular weight is 257 g/mol. The van der Waals surface area contributed by atoms with Crippen LogP contribution in [-0.2, 0) is 14.6 Å². The zero-order valence-corrected chi connectivity index (χ0v) is 10.8. The van der Waals surface area contributed by atoms with Crippen LogP contribution in [0, 0.1) is 0 Å². The minimum Gasteiger partial charge on any atom is -0.377 e. The molecule has 0 spiro atoms. The van der Waals surface area contributed by atoms with Crippen molar-refractivity contribution in [2.24, 2.45) is 5.73 Å². The molecule has 0 aliphatic rings. The van der Waals surface area contributed by atoms with Gasteiger partial charge in [-0.3, -0.25) is 0 Å². The van der Waals surface area contributed by atoms with Crippen molar-refractivity contribution in [2.75, 3.05) is 18.9 Å². The highest BCUT2D eigenvalue weighted by Crippen LogP contribution is 2.12. The van der Waals surface area contributed by atoms with E-state index in [2.05, 4.69) is 0 Å². The Bertz CT molecular complexity index is 417. The van der Waals surface area contributed by atoms with Crippen molar-refractivity contribution in [1.29, 1.82) is 0 Å². The summed E-state index contributed by atoms with van der Waals surface area (Å²) in [6, 6.07) is 8.44. The Morgan fingerprint density at radius 1 is 1.29 bits per heavy atom. The monoisotopic (exact) mass is 257 g/mol. The number of hydrogen-bond acceptors (Lipinski definition) is 4. The number of rotatable bonds is 7. The third kappa shape index (κ3) is 4.46. The molecule has 0 heterocycles. The maximum atomic E-state index is 12.0. The number of nitrogens with two attached hydrogens (primary N) is 1. The van der Waals surface area contributed by atoms with E-state index in [9.17, 15) is 8.42 Å². The van der Waals surface area contributed by atoms with Crippen LogP contribution in [0.5, 0.6) is 0 Å². The highest BCUT2D eigenvalue weighted by Gasteiger charge is 2.16. The summed E-state index contributed by atoms with van der Waals surface area (Å²) in [4.78, 5) is 0.354. The van der Waals surface area contributed by atoms with E-state index in [1.54, 1.807) is 30.3 Å². The summed E-state index contributed by atoms with van der Waals surface area (Å²) in [5.74, 6) is 0.0683. The second-order valence-electron chi connectivity index (χ2n) is 3.73. The summed E-state index contributed by atoms with van der Waals surface area (Å²) in [6.07, 6.45) is 0.250. The molecule has 0 radical (unpaired) electrons. The van der Waals surface area contributed by atoms with Crippen molar-refractivity contribution in [3.05, 3.63) is 30.3 Å². The Morgan fingerprint density at radius 2 is 1.94 bits per heavy atom. The van der Waals surface area contributed by atoms with Crippen LogP contribution in [-0.4, -0.2) is 33.4 Å². The standard InChI is InChI=1S/C12H19NO3S/c1-2-16-11(10-13)8-9-17(14,15)12-6-4-3-5-7-12/h3-7,11H,2,8-10,13H2,1H3. The molecule has 96 valence electrons. The lowest BCUT2D eigenvalue weighted by Crippen LogP contribution is -2.26. The minimum atomic E-state index is -3.22. The lowest BCUT2D eigenvalue weighted by Gasteiger charge is -2.14. The predicted octanol–water partition coefficient (Wildman–Crippen LogP) is 1.21. The van der Waals surface area contributed by atoms with Gasteiger partial charge in [0.05, 0.1) is 16.8 Å². The topological polar surface area (TPSA) is 69.4 Å².